The van der Waals surface area contributed by atoms with Crippen molar-refractivity contribution in [1.29, 1.82) is 0 Å². The molecular weight excluding hydrogens is 444 g/mol. The number of esters is 1. The number of aliphatic imine (C=N–C) groups is 1. The van der Waals surface area contributed by atoms with Gasteiger partial charge in [-0.15, -0.1) is 0 Å². The number of nitrogens with one attached hydrogen (secondary N) is 1. The predicted octanol–water partition coefficient (Wildman–Crippen LogP) is 4.66. The van der Waals surface area contributed by atoms with Gasteiger partial charge in [-0.05, 0) is 36.4 Å². The van der Waals surface area contributed by atoms with Gasteiger partial charge in [0.15, 0.2) is 5.88 Å². The molecular formula is C27H26N4O4. The summed E-state index contributed by atoms with van der Waals surface area (Å²) in [5.74, 6) is -0.625. The van der Waals surface area contributed by atoms with Crippen LogP contribution >= 0.6 is 0 Å². The van der Waals surface area contributed by atoms with E-state index in [1.54, 1.807) is 42.3 Å². The van der Waals surface area contributed by atoms with Crippen molar-refractivity contribution in [1.82, 2.24) is 9.99 Å². The molecule has 178 valence electrons. The summed E-state index contributed by atoms with van der Waals surface area (Å²) in [7, 11) is 4.92. The Balaban J connectivity index is 1.84. The number of H-pyrrole nitrogens is 1. The number of ether oxygens (including phenoxy) is 1. The number of hydrogen-bond donors (Lipinski definition) is 2. The lowest BCUT2D eigenvalue weighted by Gasteiger charge is -2.27. The number of aromatic amines is 1. The van der Waals surface area contributed by atoms with Crippen LogP contribution < -0.4 is 5.01 Å². The van der Waals surface area contributed by atoms with E-state index in [1.807, 2.05) is 54.6 Å². The number of aromatic nitrogens is 1. The monoisotopic (exact) mass is 470 g/mol. The third-order valence-corrected chi connectivity index (χ3v) is 5.52. The van der Waals surface area contributed by atoms with E-state index in [4.69, 9.17) is 9.73 Å². The summed E-state index contributed by atoms with van der Waals surface area (Å²) in [6.07, 6.45) is 0. The van der Waals surface area contributed by atoms with Crippen LogP contribution in [-0.4, -0.2) is 53.9 Å². The summed E-state index contributed by atoms with van der Waals surface area (Å²) in [4.78, 5) is 31.8. The number of hydrazine groups is 1. The molecule has 35 heavy (non-hydrogen) atoms. The van der Waals surface area contributed by atoms with E-state index in [0.29, 0.717) is 39.1 Å². The number of carbonyl (C=O) groups excluding carboxylic acids is 2. The quantitative estimate of drug-likeness (QED) is 0.243. The van der Waals surface area contributed by atoms with Crippen LogP contribution in [0.15, 0.2) is 77.8 Å². The highest BCUT2D eigenvalue weighted by molar-refractivity contribution is 6.22. The molecule has 1 aromatic heterocycles. The molecule has 4 aromatic rings. The van der Waals surface area contributed by atoms with Gasteiger partial charge in [-0.25, -0.2) is 19.8 Å². The topological polar surface area (TPSA) is 98.2 Å². The number of fused-ring (bicyclic) bond motifs is 1. The van der Waals surface area contributed by atoms with Crippen LogP contribution in [0.1, 0.15) is 28.4 Å². The summed E-state index contributed by atoms with van der Waals surface area (Å²) in [6.45, 7) is 1.50. The zero-order chi connectivity index (χ0) is 25.1. The Kier molecular flexibility index (Phi) is 6.66. The molecule has 3 aromatic carbocycles. The Morgan fingerprint density at radius 3 is 2.23 bits per heavy atom. The number of rotatable bonds is 6. The van der Waals surface area contributed by atoms with Crippen molar-refractivity contribution in [3.63, 3.8) is 0 Å². The Bertz CT molecular complexity index is 1410. The van der Waals surface area contributed by atoms with Crippen molar-refractivity contribution in [3.8, 4) is 5.88 Å². The minimum Gasteiger partial charge on any atom is -0.494 e. The molecule has 0 bridgehead atoms. The van der Waals surface area contributed by atoms with Gasteiger partial charge in [-0.1, -0.05) is 36.4 Å². The normalized spacial score (nSPS) is 11.6. The first-order chi connectivity index (χ1) is 16.8. The second-order valence-corrected chi connectivity index (χ2v) is 8.12. The van der Waals surface area contributed by atoms with Crippen LogP contribution in [0, 0.1) is 0 Å². The zero-order valence-corrected chi connectivity index (χ0v) is 19.9. The Hall–Kier alpha value is -4.43. The fourth-order valence-electron chi connectivity index (χ4n) is 4.02. The minimum atomic E-state index is -0.461. The SMILES string of the molecule is COC(=O)c1ccc2c(C(=Nc3ccc(N(C(C)=O)N(C)C)cc3)c3ccccc3)c(O)[nH]c2c1. The average molecular weight is 471 g/mol. The van der Waals surface area contributed by atoms with Gasteiger partial charge in [-0.3, -0.25) is 4.79 Å². The number of nitrogens with zero attached hydrogens (tertiary/aromatic N) is 3. The molecule has 0 spiro atoms. The lowest BCUT2D eigenvalue weighted by molar-refractivity contribution is -0.118. The van der Waals surface area contributed by atoms with Gasteiger partial charge < -0.3 is 14.8 Å². The van der Waals surface area contributed by atoms with Gasteiger partial charge in [-0.2, -0.15) is 0 Å². The summed E-state index contributed by atoms with van der Waals surface area (Å²) < 4.78 is 4.81. The zero-order valence-electron chi connectivity index (χ0n) is 19.9. The van der Waals surface area contributed by atoms with E-state index < -0.39 is 5.97 Å². The van der Waals surface area contributed by atoms with Crippen molar-refractivity contribution in [2.75, 3.05) is 26.2 Å². The van der Waals surface area contributed by atoms with E-state index in [-0.39, 0.29) is 11.8 Å². The van der Waals surface area contributed by atoms with E-state index >= 15 is 0 Å². The van der Waals surface area contributed by atoms with Crippen molar-refractivity contribution >= 4 is 39.9 Å². The second kappa shape index (κ2) is 9.82. The summed E-state index contributed by atoms with van der Waals surface area (Å²) in [6, 6.07) is 21.9. The predicted molar refractivity (Wildman–Crippen MR) is 136 cm³/mol. The van der Waals surface area contributed by atoms with E-state index in [0.717, 1.165) is 5.56 Å². The van der Waals surface area contributed by atoms with Crippen molar-refractivity contribution in [2.24, 2.45) is 4.99 Å². The van der Waals surface area contributed by atoms with Crippen LogP contribution in [0.25, 0.3) is 10.9 Å². The third kappa shape index (κ3) is 4.78. The highest BCUT2D eigenvalue weighted by atomic mass is 16.5. The van der Waals surface area contributed by atoms with Crippen molar-refractivity contribution in [3.05, 3.63) is 89.5 Å². The largest absolute Gasteiger partial charge is 0.494 e. The molecule has 0 unspecified atom stereocenters. The fourth-order valence-corrected chi connectivity index (χ4v) is 4.02. The van der Waals surface area contributed by atoms with Crippen LogP contribution in [-0.2, 0) is 9.53 Å². The maximum absolute atomic E-state index is 12.0. The molecule has 0 atom stereocenters. The molecule has 0 aliphatic carbocycles. The molecule has 0 saturated carbocycles. The van der Waals surface area contributed by atoms with Crippen LogP contribution in [0.5, 0.6) is 5.88 Å². The average Bonchev–Trinajstić information content (AvgIpc) is 3.17. The standard InChI is InChI=1S/C27H26N4O4/c1-17(32)31(30(2)3)21-13-11-20(12-14-21)28-25(18-8-6-5-7-9-18)24-22-15-10-19(27(34)35-4)16-23(22)29-26(24)33/h5-16,29,33H,1-4H3. The minimum absolute atomic E-state index is 0.0587. The molecule has 2 N–H and O–H groups in total. The number of amides is 1. The molecule has 8 nitrogen and oxygen atoms in total. The van der Waals surface area contributed by atoms with E-state index in [2.05, 4.69) is 4.98 Å². The van der Waals surface area contributed by atoms with Crippen LogP contribution in [0.3, 0.4) is 0 Å². The number of anilines is 1. The Morgan fingerprint density at radius 1 is 0.943 bits per heavy atom. The van der Waals surface area contributed by atoms with E-state index in [9.17, 15) is 14.7 Å². The molecule has 0 aliphatic rings. The smallest absolute Gasteiger partial charge is 0.337 e. The number of methoxy groups -OCH3 is 1. The first-order valence-corrected chi connectivity index (χ1v) is 11.0. The third-order valence-electron chi connectivity index (χ3n) is 5.52. The number of carbonyl (C=O) groups is 2. The van der Waals surface area contributed by atoms with E-state index in [1.165, 1.54) is 14.0 Å². The fraction of sp³-hybridized carbons (Fsp3) is 0.148. The first kappa shape index (κ1) is 23.7. The Labute approximate surface area is 203 Å². The second-order valence-electron chi connectivity index (χ2n) is 8.12. The molecule has 0 saturated heterocycles. The Morgan fingerprint density at radius 2 is 1.63 bits per heavy atom. The lowest BCUT2D eigenvalue weighted by Crippen LogP contribution is -2.40. The summed E-state index contributed by atoms with van der Waals surface area (Å²) in [5, 5.41) is 14.8. The van der Waals surface area contributed by atoms with Crippen LogP contribution in [0.2, 0.25) is 0 Å². The maximum Gasteiger partial charge on any atom is 0.337 e. The molecule has 8 heteroatoms. The molecule has 4 rings (SSSR count). The summed E-state index contributed by atoms with van der Waals surface area (Å²) in [5.41, 5.74) is 4.21. The molecule has 0 fully saturated rings. The van der Waals surface area contributed by atoms with Crippen molar-refractivity contribution in [2.45, 2.75) is 6.92 Å². The van der Waals surface area contributed by atoms with Gasteiger partial charge in [0, 0.05) is 37.5 Å². The van der Waals surface area contributed by atoms with Gasteiger partial charge in [0.1, 0.15) is 0 Å². The van der Waals surface area contributed by atoms with Crippen molar-refractivity contribution < 1.29 is 19.4 Å². The highest BCUT2D eigenvalue weighted by Gasteiger charge is 2.20. The first-order valence-electron chi connectivity index (χ1n) is 11.0. The molecule has 0 radical (unpaired) electrons. The number of aromatic hydroxyl groups is 1. The van der Waals surface area contributed by atoms with Gasteiger partial charge in [0.2, 0.25) is 5.91 Å². The van der Waals surface area contributed by atoms with Gasteiger partial charge in [0.25, 0.3) is 0 Å². The molecule has 1 heterocycles. The molecule has 0 aliphatic heterocycles. The lowest BCUT2D eigenvalue weighted by atomic mass is 10.00. The molecule has 1 amide bonds. The summed E-state index contributed by atoms with van der Waals surface area (Å²) >= 11 is 0. The number of hydrogen-bond acceptors (Lipinski definition) is 6. The van der Waals surface area contributed by atoms with Gasteiger partial charge >= 0.3 is 5.97 Å². The number of benzene rings is 3. The van der Waals surface area contributed by atoms with Gasteiger partial charge in [0.05, 0.1) is 35.3 Å². The maximum atomic E-state index is 12.0. The highest BCUT2D eigenvalue weighted by Crippen LogP contribution is 2.32. The van der Waals surface area contributed by atoms with Crippen LogP contribution in [0.4, 0.5) is 11.4 Å².